The Hall–Kier alpha value is -6.52. The molecule has 0 radical (unpaired) electrons. The van der Waals surface area contributed by atoms with Crippen LogP contribution in [-0.4, -0.2) is 234 Å². The van der Waals surface area contributed by atoms with Crippen molar-refractivity contribution in [3.05, 3.63) is 50.6 Å². The number of anilines is 4. The number of aromatic nitrogens is 16. The quantitative estimate of drug-likeness (QED) is 0.0270. The van der Waals surface area contributed by atoms with Gasteiger partial charge in [-0.2, -0.15) is 0 Å². The summed E-state index contributed by atoms with van der Waals surface area (Å²) in [6.07, 6.45) is -20.4. The van der Waals surface area contributed by atoms with E-state index in [9.17, 15) is 68.3 Å². The average Bonchev–Trinajstić information content (AvgIpc) is 1.68. The lowest BCUT2D eigenvalue weighted by molar-refractivity contribution is -0.0667. The number of phosphoric ester groups is 3. The number of ether oxygens (including phenoxy) is 5. The molecule has 0 saturated carbocycles. The van der Waals surface area contributed by atoms with Gasteiger partial charge in [-0.25, -0.2) is 73.5 Å². The molecule has 49 heteroatoms. The van der Waals surface area contributed by atoms with Crippen molar-refractivity contribution < 1.29 is 119 Å². The summed E-state index contributed by atoms with van der Waals surface area (Å²) in [5.74, 6) is -0.317. The van der Waals surface area contributed by atoms with Crippen LogP contribution in [0.2, 0.25) is 0 Å². The number of nitrogen functional groups attached to an aromatic ring is 4. The predicted molar refractivity (Wildman–Crippen MR) is 289 cm³/mol. The van der Waals surface area contributed by atoms with Crippen LogP contribution in [0, 0.1) is 0 Å². The van der Waals surface area contributed by atoms with Crippen LogP contribution < -0.4 is 22.9 Å². The number of aliphatic hydroxyl groups excluding tert-OH is 5. The first-order valence-electron chi connectivity index (χ1n) is 26.0. The van der Waals surface area contributed by atoms with Crippen LogP contribution in [0.4, 0.5) is 23.3 Å². The fourth-order valence-electron chi connectivity index (χ4n) is 10.3. The number of hydrogen-bond acceptors (Lipinski definition) is 36. The molecule has 0 aromatic carbocycles. The number of nitrogens with zero attached hydrogens (tertiary/aromatic N) is 16. The summed E-state index contributed by atoms with van der Waals surface area (Å²) >= 11 is 0. The molecule has 0 spiro atoms. The Bertz CT molecular complexity index is 4170. The van der Waals surface area contributed by atoms with E-state index in [1.165, 1.54) is 15.5 Å². The molecule has 0 amide bonds. The molecule has 8 aromatic rings. The van der Waals surface area contributed by atoms with Gasteiger partial charge in [-0.15, -0.1) is 0 Å². The van der Waals surface area contributed by atoms with Crippen LogP contribution >= 0.6 is 31.1 Å². The van der Waals surface area contributed by atoms with Crippen molar-refractivity contribution in [1.29, 1.82) is 0 Å². The Kier molecular flexibility index (Phi) is 17.3. The summed E-state index contributed by atoms with van der Waals surface area (Å²) < 4.78 is 119. The molecule has 4 saturated heterocycles. The summed E-state index contributed by atoms with van der Waals surface area (Å²) in [6, 6.07) is 0. The molecule has 486 valence electrons. The number of phosphoric acid groups is 3. The lowest BCUT2D eigenvalue weighted by Gasteiger charge is -2.25. The van der Waals surface area contributed by atoms with E-state index in [2.05, 4.69) is 64.3 Å². The highest BCUT2D eigenvalue weighted by molar-refractivity contribution is 7.52. The Morgan fingerprint density at radius 2 is 0.711 bits per heavy atom. The van der Waals surface area contributed by atoms with Gasteiger partial charge in [-0.05, 0) is 0 Å². The minimum Gasteiger partial charge on any atom is -0.387 e. The van der Waals surface area contributed by atoms with Gasteiger partial charge in [0, 0.05) is 0 Å². The molecule has 45 nitrogen and oxygen atoms in total. The second-order valence-corrected chi connectivity index (χ2v) is 26.0. The third kappa shape index (κ3) is 12.5. The Balaban J connectivity index is 0.736. The monoisotopic (exact) mass is 1350 g/mol. The lowest BCUT2D eigenvalue weighted by atomic mass is 10.1. The lowest BCUT2D eigenvalue weighted by Crippen LogP contribution is -2.37. The Labute approximate surface area is 499 Å². The second kappa shape index (κ2) is 24.5. The largest absolute Gasteiger partial charge is 0.472 e. The van der Waals surface area contributed by atoms with Gasteiger partial charge < -0.3 is 101 Å². The topological polar surface area (TPSA) is 651 Å². The van der Waals surface area contributed by atoms with Crippen molar-refractivity contribution in [3.63, 3.8) is 0 Å². The number of imidazole rings is 4. The number of nitrogens with two attached hydrogens (primary N) is 4. The van der Waals surface area contributed by atoms with E-state index < -0.39 is 162 Å². The van der Waals surface area contributed by atoms with Crippen molar-refractivity contribution in [2.24, 2.45) is 0 Å². The summed E-state index contributed by atoms with van der Waals surface area (Å²) in [4.78, 5) is 101. The van der Waals surface area contributed by atoms with Crippen molar-refractivity contribution in [2.75, 3.05) is 55.7 Å². The smallest absolute Gasteiger partial charge is 0.387 e. The van der Waals surface area contributed by atoms with Crippen molar-refractivity contribution in [1.82, 2.24) is 78.1 Å². The van der Waals surface area contributed by atoms with Crippen molar-refractivity contribution >= 4 is 99.0 Å². The molecule has 0 bridgehead atoms. The molecular weight excluding hydrogens is 1300 g/mol. The van der Waals surface area contributed by atoms with E-state index in [-0.39, 0.29) is 67.9 Å². The molecule has 12 rings (SSSR count). The van der Waals surface area contributed by atoms with Crippen molar-refractivity contribution in [2.45, 2.75) is 98.2 Å². The highest BCUT2D eigenvalue weighted by Crippen LogP contribution is 2.54. The normalized spacial score (nSPS) is 31.1. The Morgan fingerprint density at radius 1 is 0.400 bits per heavy atom. The first-order chi connectivity index (χ1) is 42.7. The molecule has 19 atom stereocenters. The zero-order chi connectivity index (χ0) is 63.9. The first kappa shape index (κ1) is 63.6. The Morgan fingerprint density at radius 3 is 1.09 bits per heavy atom. The zero-order valence-electron chi connectivity index (χ0n) is 45.2. The third-order valence-corrected chi connectivity index (χ3v) is 18.0. The number of fused-ring (bicyclic) bond motifs is 4. The van der Waals surface area contributed by atoms with Crippen molar-refractivity contribution in [3.8, 4) is 0 Å². The van der Waals surface area contributed by atoms with E-state index >= 15 is 0 Å². The predicted octanol–water partition coefficient (Wildman–Crippen LogP) is -4.27. The minimum atomic E-state index is -5.60. The second-order valence-electron chi connectivity index (χ2n) is 20.2. The van der Waals surface area contributed by atoms with Gasteiger partial charge in [0.2, 0.25) is 0 Å². The van der Waals surface area contributed by atoms with Crippen LogP contribution in [-0.2, 0) is 69.1 Å². The maximum absolute atomic E-state index is 14.1. The van der Waals surface area contributed by atoms with Crippen LogP contribution in [0.5, 0.6) is 0 Å². The number of hydrogen-bond donors (Lipinski definition) is 14. The maximum Gasteiger partial charge on any atom is 0.472 e. The summed E-state index contributed by atoms with van der Waals surface area (Å²) in [7, 11) is -21.2. The molecule has 12 heterocycles. The average molecular weight is 1350 g/mol. The van der Waals surface area contributed by atoms with Gasteiger partial charge in [-0.1, -0.05) is 0 Å². The van der Waals surface area contributed by atoms with E-state index in [0.29, 0.717) is 0 Å². The summed E-state index contributed by atoms with van der Waals surface area (Å²) in [6.45, 7) is -3.95. The fourth-order valence-corrected chi connectivity index (χ4v) is 13.3. The fraction of sp³-hybridized carbons (Fsp3) is 0.512. The third-order valence-electron chi connectivity index (χ3n) is 14.5. The van der Waals surface area contributed by atoms with Crippen LogP contribution in [0.3, 0.4) is 0 Å². The van der Waals surface area contributed by atoms with E-state index in [0.717, 1.165) is 53.4 Å². The SMILES string of the molecule is Nc1ncnc2c1ncn2[C@@H]1O[C@H](COP(=O)(O)O[C@@H]2[C@H](O)[C@@H](COP(=O)(O)O[C@@H]3[C@H](O)[C@@H](COP(=O)(O)CO[C@@H]4[C@@H](O)[C@@H](COP(=O)(O)O)O[C@H]4n4cnc5c(N)ncnc54)O[C@H]3n3cnc4c(N)ncnc43)O[C@H]2n2cnc3c(N)ncnc32)[C@@H](O)[C@H]1O. The highest BCUT2D eigenvalue weighted by Gasteiger charge is 2.55. The van der Waals surface area contributed by atoms with E-state index in [1.54, 1.807) is 0 Å². The minimum absolute atomic E-state index is 0.00320. The zero-order valence-corrected chi connectivity index (χ0v) is 48.8. The molecule has 0 aliphatic carbocycles. The highest BCUT2D eigenvalue weighted by atomic mass is 31.2. The molecule has 18 N–H and O–H groups in total. The van der Waals surface area contributed by atoms with Crippen LogP contribution in [0.15, 0.2) is 50.6 Å². The maximum atomic E-state index is 14.1. The van der Waals surface area contributed by atoms with Gasteiger partial charge >= 0.3 is 31.1 Å². The number of rotatable bonds is 23. The number of aliphatic hydroxyl groups is 5. The van der Waals surface area contributed by atoms with E-state index in [4.69, 9.17) is 69.2 Å². The van der Waals surface area contributed by atoms with Gasteiger partial charge in [0.05, 0.1) is 51.7 Å². The van der Waals surface area contributed by atoms with Gasteiger partial charge in [0.15, 0.2) is 70.8 Å². The van der Waals surface area contributed by atoms with Gasteiger partial charge in [0.25, 0.3) is 0 Å². The van der Waals surface area contributed by atoms with Crippen LogP contribution in [0.1, 0.15) is 24.9 Å². The molecule has 4 aliphatic rings. The standard InChI is InChI=1S/C41H52N20O25P4/c42-30-18-34(50-5-46-30)58(9-54-18)38-26(66)22(62)14(81-38)3-79-89(72,73)86-29-25(65)17(84-41(29)61-12-57-21-33(45)49-8-53-37(21)61)4-80-90(74,75)85-28-24(64)15(83-40(28)60-11-56-20-32(44)48-7-52-36(20)60)1-77-87(67,68)13-76-27-23(63)16(2-78-88(69,70)71)82-39(27)59-10-55-19-31(43)47-6-51-35(19)59/h5-12,14-17,22-29,38-41,62-66H,1-4,13H2,(H,67,68)(H,72,73)(H,74,75)(H2,42,46,50)(H2,43,47,51)(H2,44,48,52)(H2,45,49,53)(H2,69,70,71)/t14-,15-,16-,17-,22-,23+,24-,25-,26-,27-,28-,29-,38-,39-,40-,41-/m1/s1. The van der Waals surface area contributed by atoms with Gasteiger partial charge in [0.1, 0.15) is 127 Å². The molecular formula is C41H52N20O25P4. The molecule has 90 heavy (non-hydrogen) atoms. The first-order valence-corrected chi connectivity index (χ1v) is 32.3. The summed E-state index contributed by atoms with van der Waals surface area (Å²) in [5, 5.41) is 56.8. The van der Waals surface area contributed by atoms with Gasteiger partial charge in [-0.3, -0.25) is 45.5 Å². The molecule has 4 aliphatic heterocycles. The summed E-state index contributed by atoms with van der Waals surface area (Å²) in [5.41, 5.74) is 24.0. The van der Waals surface area contributed by atoms with Crippen LogP contribution in [0.25, 0.3) is 44.7 Å². The molecule has 3 unspecified atom stereocenters. The van der Waals surface area contributed by atoms with E-state index in [1.807, 2.05) is 0 Å². The molecule has 4 fully saturated rings. The molecule has 8 aromatic heterocycles.